The van der Waals surface area contributed by atoms with E-state index < -0.39 is 0 Å². The molecule has 2 aromatic rings. The number of amides is 1. The van der Waals surface area contributed by atoms with Crippen LogP contribution in [0.4, 0.5) is 4.39 Å². The number of ether oxygens (including phenoxy) is 3. The minimum Gasteiger partial charge on any atom is -0.489 e. The highest BCUT2D eigenvalue weighted by Gasteiger charge is 2.29. The molecular weight excluding hydrogens is 385 g/mol. The Morgan fingerprint density at radius 1 is 1.11 bits per heavy atom. The highest BCUT2D eigenvalue weighted by molar-refractivity contribution is 6.32. The van der Waals surface area contributed by atoms with E-state index in [0.717, 1.165) is 24.8 Å². The summed E-state index contributed by atoms with van der Waals surface area (Å²) in [6.07, 6.45) is 2.33. The van der Waals surface area contributed by atoms with Gasteiger partial charge < -0.3 is 19.5 Å². The average Bonchev–Trinajstić information content (AvgIpc) is 3.11. The van der Waals surface area contributed by atoms with Crippen molar-refractivity contribution in [2.45, 2.75) is 31.4 Å². The predicted molar refractivity (Wildman–Crippen MR) is 103 cm³/mol. The molecule has 148 valence electrons. The molecule has 0 radical (unpaired) electrons. The summed E-state index contributed by atoms with van der Waals surface area (Å²) in [7, 11) is 0. The lowest BCUT2D eigenvalue weighted by Crippen LogP contribution is -2.36. The number of rotatable bonds is 4. The first-order valence-electron chi connectivity index (χ1n) is 9.39. The molecule has 0 spiro atoms. The SMILES string of the molecule is O=C(N[C@H](c1ccc(F)cc1)[C@H]1CCCO1)c1cc(Cl)c2c(c1)OCCCO2. The lowest BCUT2D eigenvalue weighted by molar-refractivity contribution is 0.0672. The first-order valence-corrected chi connectivity index (χ1v) is 9.77. The highest BCUT2D eigenvalue weighted by Crippen LogP contribution is 2.38. The van der Waals surface area contributed by atoms with Crippen molar-refractivity contribution in [1.29, 1.82) is 0 Å². The Labute approximate surface area is 167 Å². The monoisotopic (exact) mass is 405 g/mol. The summed E-state index contributed by atoms with van der Waals surface area (Å²) < 4.78 is 30.4. The second kappa shape index (κ2) is 8.37. The topological polar surface area (TPSA) is 56.8 Å². The zero-order chi connectivity index (χ0) is 19.5. The molecule has 4 rings (SSSR count). The molecule has 2 aliphatic rings. The van der Waals surface area contributed by atoms with E-state index in [0.29, 0.717) is 41.9 Å². The Balaban J connectivity index is 1.60. The maximum absolute atomic E-state index is 13.3. The van der Waals surface area contributed by atoms with Crippen LogP contribution in [0.3, 0.4) is 0 Å². The lowest BCUT2D eigenvalue weighted by Gasteiger charge is -2.25. The second-order valence-electron chi connectivity index (χ2n) is 6.89. The van der Waals surface area contributed by atoms with Crippen LogP contribution in [-0.4, -0.2) is 31.8 Å². The minimum absolute atomic E-state index is 0.162. The van der Waals surface area contributed by atoms with Gasteiger partial charge in [0.15, 0.2) is 11.5 Å². The molecule has 28 heavy (non-hydrogen) atoms. The fourth-order valence-corrected chi connectivity index (χ4v) is 3.78. The van der Waals surface area contributed by atoms with Gasteiger partial charge in [-0.05, 0) is 42.7 Å². The molecule has 2 heterocycles. The van der Waals surface area contributed by atoms with E-state index in [-0.39, 0.29) is 23.9 Å². The molecule has 1 saturated heterocycles. The maximum atomic E-state index is 13.3. The van der Waals surface area contributed by atoms with Gasteiger partial charge in [-0.15, -0.1) is 0 Å². The van der Waals surface area contributed by atoms with E-state index in [9.17, 15) is 9.18 Å². The molecular formula is C21H21ClFNO4. The van der Waals surface area contributed by atoms with Gasteiger partial charge in [0, 0.05) is 18.6 Å². The van der Waals surface area contributed by atoms with Crippen LogP contribution < -0.4 is 14.8 Å². The number of nitrogens with one attached hydrogen (secondary N) is 1. The third kappa shape index (κ3) is 4.08. The predicted octanol–water partition coefficient (Wildman–Crippen LogP) is 4.29. The van der Waals surface area contributed by atoms with Gasteiger partial charge in [-0.3, -0.25) is 4.79 Å². The van der Waals surface area contributed by atoms with Gasteiger partial charge in [0.1, 0.15) is 5.82 Å². The Kier molecular flexibility index (Phi) is 5.69. The first kappa shape index (κ1) is 19.0. The Morgan fingerprint density at radius 3 is 2.64 bits per heavy atom. The summed E-state index contributed by atoms with van der Waals surface area (Å²) in [6.45, 7) is 1.67. The molecule has 7 heteroatoms. The second-order valence-corrected chi connectivity index (χ2v) is 7.30. The fourth-order valence-electron chi connectivity index (χ4n) is 3.51. The molecule has 2 aromatic carbocycles. The molecule has 0 bridgehead atoms. The van der Waals surface area contributed by atoms with Crippen LogP contribution in [-0.2, 0) is 4.74 Å². The number of halogens is 2. The van der Waals surface area contributed by atoms with Gasteiger partial charge in [0.25, 0.3) is 5.91 Å². The zero-order valence-corrected chi connectivity index (χ0v) is 16.0. The van der Waals surface area contributed by atoms with Crippen molar-refractivity contribution in [1.82, 2.24) is 5.32 Å². The van der Waals surface area contributed by atoms with Crippen molar-refractivity contribution in [2.24, 2.45) is 0 Å². The van der Waals surface area contributed by atoms with Crippen LogP contribution in [0.15, 0.2) is 36.4 Å². The molecule has 0 aromatic heterocycles. The molecule has 1 amide bonds. The van der Waals surface area contributed by atoms with Crippen LogP contribution in [0, 0.1) is 5.82 Å². The van der Waals surface area contributed by atoms with Crippen molar-refractivity contribution in [3.63, 3.8) is 0 Å². The molecule has 0 unspecified atom stereocenters. The molecule has 1 fully saturated rings. The first-order chi connectivity index (χ1) is 13.6. The summed E-state index contributed by atoms with van der Waals surface area (Å²) in [5, 5.41) is 3.35. The fraction of sp³-hybridized carbons (Fsp3) is 0.381. The van der Waals surface area contributed by atoms with Crippen molar-refractivity contribution in [3.8, 4) is 11.5 Å². The number of carbonyl (C=O) groups is 1. The van der Waals surface area contributed by atoms with Crippen LogP contribution >= 0.6 is 11.6 Å². The third-order valence-corrected chi connectivity index (χ3v) is 5.20. The van der Waals surface area contributed by atoms with E-state index in [1.807, 2.05) is 0 Å². The van der Waals surface area contributed by atoms with E-state index in [1.54, 1.807) is 24.3 Å². The average molecular weight is 406 g/mol. The third-order valence-electron chi connectivity index (χ3n) is 4.92. The standard InChI is InChI=1S/C21H21ClFNO4/c22-16-11-14(12-18-20(16)28-10-2-9-27-18)21(25)24-19(17-3-1-8-26-17)13-4-6-15(23)7-5-13/h4-7,11-12,17,19H,1-3,8-10H2,(H,24,25)/t17-,19-/m1/s1. The van der Waals surface area contributed by atoms with E-state index in [4.69, 9.17) is 25.8 Å². The van der Waals surface area contributed by atoms with E-state index in [1.165, 1.54) is 12.1 Å². The van der Waals surface area contributed by atoms with Crippen LogP contribution in [0.5, 0.6) is 11.5 Å². The lowest BCUT2D eigenvalue weighted by atomic mass is 9.98. The summed E-state index contributed by atoms with van der Waals surface area (Å²) >= 11 is 6.31. The smallest absolute Gasteiger partial charge is 0.252 e. The van der Waals surface area contributed by atoms with Crippen LogP contribution in [0.25, 0.3) is 0 Å². The van der Waals surface area contributed by atoms with Gasteiger partial charge >= 0.3 is 0 Å². The van der Waals surface area contributed by atoms with E-state index >= 15 is 0 Å². The maximum Gasteiger partial charge on any atom is 0.252 e. The van der Waals surface area contributed by atoms with E-state index in [2.05, 4.69) is 5.32 Å². The summed E-state index contributed by atoms with van der Waals surface area (Å²) in [4.78, 5) is 13.0. The number of benzene rings is 2. The highest BCUT2D eigenvalue weighted by atomic mass is 35.5. The Hall–Kier alpha value is -2.31. The minimum atomic E-state index is -0.384. The Morgan fingerprint density at radius 2 is 1.89 bits per heavy atom. The number of fused-ring (bicyclic) bond motifs is 1. The molecule has 1 N–H and O–H groups in total. The largest absolute Gasteiger partial charge is 0.489 e. The molecule has 2 atom stereocenters. The van der Waals surface area contributed by atoms with Crippen LogP contribution in [0.2, 0.25) is 5.02 Å². The number of hydrogen-bond donors (Lipinski definition) is 1. The Bertz CT molecular complexity index is 852. The normalized spacial score (nSPS) is 19.7. The van der Waals surface area contributed by atoms with Gasteiger partial charge in [-0.1, -0.05) is 23.7 Å². The van der Waals surface area contributed by atoms with Gasteiger partial charge in [0.05, 0.1) is 30.4 Å². The van der Waals surface area contributed by atoms with Crippen molar-refractivity contribution < 1.29 is 23.4 Å². The van der Waals surface area contributed by atoms with Gasteiger partial charge in [0.2, 0.25) is 0 Å². The molecule has 0 aliphatic carbocycles. The van der Waals surface area contributed by atoms with Crippen molar-refractivity contribution in [2.75, 3.05) is 19.8 Å². The molecule has 5 nitrogen and oxygen atoms in total. The van der Waals surface area contributed by atoms with Crippen LogP contribution in [0.1, 0.15) is 41.2 Å². The summed E-state index contributed by atoms with van der Waals surface area (Å²) in [5.41, 5.74) is 1.17. The number of hydrogen-bond acceptors (Lipinski definition) is 4. The quantitative estimate of drug-likeness (QED) is 0.824. The zero-order valence-electron chi connectivity index (χ0n) is 15.3. The van der Waals surface area contributed by atoms with Crippen molar-refractivity contribution >= 4 is 17.5 Å². The number of carbonyl (C=O) groups excluding carboxylic acids is 1. The molecule has 2 aliphatic heterocycles. The molecule has 0 saturated carbocycles. The van der Waals surface area contributed by atoms with Gasteiger partial charge in [-0.2, -0.15) is 0 Å². The van der Waals surface area contributed by atoms with Gasteiger partial charge in [-0.25, -0.2) is 4.39 Å². The summed E-state index contributed by atoms with van der Waals surface area (Å²) in [6, 6.07) is 8.93. The summed E-state index contributed by atoms with van der Waals surface area (Å²) in [5.74, 6) is 0.300. The van der Waals surface area contributed by atoms with Crippen molar-refractivity contribution in [3.05, 3.63) is 58.4 Å².